The van der Waals surface area contributed by atoms with E-state index < -0.39 is 0 Å². The normalized spacial score (nSPS) is 11.1. The number of aromatic nitrogens is 5. The van der Waals surface area contributed by atoms with Gasteiger partial charge in [-0.2, -0.15) is 4.98 Å². The molecule has 0 atom stereocenters. The molecule has 0 N–H and O–H groups in total. The minimum absolute atomic E-state index is 0.326. The van der Waals surface area contributed by atoms with E-state index in [2.05, 4.69) is 27.3 Å². The van der Waals surface area contributed by atoms with Gasteiger partial charge >= 0.3 is 0 Å². The van der Waals surface area contributed by atoms with E-state index >= 15 is 0 Å². The molecule has 2 aromatic heterocycles. The average molecular weight is 424 g/mol. The Morgan fingerprint density at radius 2 is 1.83 bits per heavy atom. The minimum Gasteiger partial charge on any atom is -0.338 e. The van der Waals surface area contributed by atoms with Crippen LogP contribution >= 0.6 is 11.8 Å². The lowest BCUT2D eigenvalue weighted by Crippen LogP contribution is -2.05. The number of hydrogen-bond donors (Lipinski definition) is 0. The second-order valence-electron chi connectivity index (χ2n) is 6.85. The van der Waals surface area contributed by atoms with Crippen LogP contribution in [0.25, 0.3) is 11.4 Å². The van der Waals surface area contributed by atoms with Crippen LogP contribution in [-0.4, -0.2) is 24.9 Å². The highest BCUT2D eigenvalue weighted by molar-refractivity contribution is 7.98. The molecule has 30 heavy (non-hydrogen) atoms. The van der Waals surface area contributed by atoms with Crippen LogP contribution in [0.3, 0.4) is 0 Å². The van der Waals surface area contributed by atoms with E-state index in [9.17, 15) is 4.39 Å². The Hall–Kier alpha value is -3.00. The van der Waals surface area contributed by atoms with Crippen LogP contribution in [0, 0.1) is 5.82 Å². The Morgan fingerprint density at radius 1 is 1.03 bits per heavy atom. The molecule has 8 heteroatoms. The fraction of sp³-hybridized carbons (Fsp3) is 0.273. The molecule has 6 nitrogen and oxygen atoms in total. The van der Waals surface area contributed by atoms with Crippen molar-refractivity contribution >= 4 is 11.8 Å². The molecule has 0 fully saturated rings. The van der Waals surface area contributed by atoms with Gasteiger partial charge in [0.15, 0.2) is 16.8 Å². The third-order valence-electron chi connectivity index (χ3n) is 4.60. The Balaban J connectivity index is 1.59. The van der Waals surface area contributed by atoms with Crippen LogP contribution in [0.1, 0.15) is 37.0 Å². The lowest BCUT2D eigenvalue weighted by Gasteiger charge is -2.10. The van der Waals surface area contributed by atoms with Gasteiger partial charge < -0.3 is 4.52 Å². The zero-order valence-corrected chi connectivity index (χ0v) is 17.5. The third kappa shape index (κ3) is 4.76. The lowest BCUT2D eigenvalue weighted by atomic mass is 10.2. The molecule has 0 saturated heterocycles. The summed E-state index contributed by atoms with van der Waals surface area (Å²) in [5, 5.41) is 13.3. The summed E-state index contributed by atoms with van der Waals surface area (Å²) in [5.41, 5.74) is 1.50. The Bertz CT molecular complexity index is 1100. The average Bonchev–Trinajstić information content (AvgIpc) is 3.39. The number of benzene rings is 2. The Labute approximate surface area is 178 Å². The Kier molecular flexibility index (Phi) is 6.53. The lowest BCUT2D eigenvalue weighted by molar-refractivity contribution is 0.384. The molecule has 0 bridgehead atoms. The first-order valence-corrected chi connectivity index (χ1v) is 10.9. The topological polar surface area (TPSA) is 69.6 Å². The van der Waals surface area contributed by atoms with Crippen LogP contribution < -0.4 is 0 Å². The molecule has 0 aliphatic rings. The quantitative estimate of drug-likeness (QED) is 0.347. The largest absolute Gasteiger partial charge is 0.338 e. The highest BCUT2D eigenvalue weighted by Crippen LogP contribution is 2.28. The van der Waals surface area contributed by atoms with E-state index in [1.807, 2.05) is 34.9 Å². The Morgan fingerprint density at radius 3 is 2.63 bits per heavy atom. The van der Waals surface area contributed by atoms with E-state index in [1.165, 1.54) is 17.8 Å². The summed E-state index contributed by atoms with van der Waals surface area (Å²) in [6.45, 7) is 2.66. The van der Waals surface area contributed by atoms with Gasteiger partial charge in [-0.25, -0.2) is 4.39 Å². The van der Waals surface area contributed by atoms with E-state index in [0.29, 0.717) is 34.7 Å². The van der Waals surface area contributed by atoms with Gasteiger partial charge in [-0.1, -0.05) is 72.7 Å². The van der Waals surface area contributed by atoms with Crippen LogP contribution in [0.15, 0.2) is 64.3 Å². The van der Waals surface area contributed by atoms with Crippen molar-refractivity contribution in [3.63, 3.8) is 0 Å². The highest BCUT2D eigenvalue weighted by Gasteiger charge is 2.18. The van der Waals surface area contributed by atoms with Crippen molar-refractivity contribution < 1.29 is 8.91 Å². The number of thioether (sulfide) groups is 1. The van der Waals surface area contributed by atoms with Crippen LogP contribution in [0.5, 0.6) is 0 Å². The minimum atomic E-state index is -0.326. The summed E-state index contributed by atoms with van der Waals surface area (Å²) in [6.07, 6.45) is 2.93. The van der Waals surface area contributed by atoms with Gasteiger partial charge in [-0.05, 0) is 24.1 Å². The first-order valence-electron chi connectivity index (χ1n) is 9.91. The molecule has 0 radical (unpaired) electrons. The van der Waals surface area contributed by atoms with E-state index in [4.69, 9.17) is 4.52 Å². The van der Waals surface area contributed by atoms with Crippen LogP contribution in [0.4, 0.5) is 4.39 Å². The van der Waals surface area contributed by atoms with E-state index in [0.717, 1.165) is 30.7 Å². The standard InChI is InChI=1S/C22H22FN5OS/c1-2-3-13-19-24-20(29-27-19)15-30-22-26-25-21(17-11-7-8-12-18(17)23)28(22)14-16-9-5-4-6-10-16/h4-12H,2-3,13-15H2,1H3. The van der Waals surface area contributed by atoms with Crippen LogP contribution in [0.2, 0.25) is 0 Å². The molecule has 0 aliphatic carbocycles. The van der Waals surface area contributed by atoms with Gasteiger partial charge in [0.1, 0.15) is 5.82 Å². The van der Waals surface area contributed by atoms with Gasteiger partial charge in [-0.3, -0.25) is 4.57 Å². The molecule has 0 amide bonds. The van der Waals surface area contributed by atoms with Gasteiger partial charge in [0.2, 0.25) is 5.89 Å². The second-order valence-corrected chi connectivity index (χ2v) is 7.80. The SMILES string of the molecule is CCCCc1noc(CSc2nnc(-c3ccccc3F)n2Cc2ccccc2)n1. The molecule has 2 heterocycles. The van der Waals surface area contributed by atoms with Gasteiger partial charge in [0.05, 0.1) is 17.9 Å². The van der Waals surface area contributed by atoms with Crippen molar-refractivity contribution in [1.82, 2.24) is 24.9 Å². The summed E-state index contributed by atoms with van der Waals surface area (Å²) in [6, 6.07) is 16.6. The molecule has 154 valence electrons. The van der Waals surface area contributed by atoms with Crippen molar-refractivity contribution in [2.24, 2.45) is 0 Å². The van der Waals surface area contributed by atoms with E-state index in [1.54, 1.807) is 18.2 Å². The molecular weight excluding hydrogens is 401 g/mol. The first-order chi connectivity index (χ1) is 14.7. The van der Waals surface area contributed by atoms with E-state index in [-0.39, 0.29) is 5.82 Å². The zero-order chi connectivity index (χ0) is 20.8. The molecule has 2 aromatic carbocycles. The van der Waals surface area contributed by atoms with Crippen molar-refractivity contribution in [1.29, 1.82) is 0 Å². The molecule has 0 unspecified atom stereocenters. The number of unbranched alkanes of at least 4 members (excludes halogenated alkanes) is 1. The number of halogens is 1. The molecular formula is C22H22FN5OS. The maximum atomic E-state index is 14.4. The fourth-order valence-corrected chi connectivity index (χ4v) is 3.83. The number of nitrogens with zero attached hydrogens (tertiary/aromatic N) is 5. The molecule has 0 spiro atoms. The summed E-state index contributed by atoms with van der Waals surface area (Å²) in [5.74, 6) is 1.92. The van der Waals surface area contributed by atoms with Crippen molar-refractivity contribution in [3.8, 4) is 11.4 Å². The zero-order valence-electron chi connectivity index (χ0n) is 16.7. The summed E-state index contributed by atoms with van der Waals surface area (Å²) in [4.78, 5) is 4.44. The highest BCUT2D eigenvalue weighted by atomic mass is 32.2. The second kappa shape index (κ2) is 9.67. The summed E-state index contributed by atoms with van der Waals surface area (Å²) in [7, 11) is 0. The van der Waals surface area contributed by atoms with Crippen LogP contribution in [-0.2, 0) is 18.7 Å². The smallest absolute Gasteiger partial charge is 0.237 e. The van der Waals surface area contributed by atoms with Crippen molar-refractivity contribution in [3.05, 3.63) is 77.7 Å². The van der Waals surface area contributed by atoms with Crippen molar-refractivity contribution in [2.45, 2.75) is 43.6 Å². The number of rotatable bonds is 9. The predicted molar refractivity (Wildman–Crippen MR) is 113 cm³/mol. The van der Waals surface area contributed by atoms with Gasteiger partial charge in [0, 0.05) is 6.42 Å². The molecule has 0 aliphatic heterocycles. The molecule has 0 saturated carbocycles. The summed E-state index contributed by atoms with van der Waals surface area (Å²) < 4.78 is 21.7. The van der Waals surface area contributed by atoms with Gasteiger partial charge in [-0.15, -0.1) is 10.2 Å². The molecule has 4 aromatic rings. The predicted octanol–water partition coefficient (Wildman–Crippen LogP) is 5.15. The number of hydrogen-bond acceptors (Lipinski definition) is 6. The van der Waals surface area contributed by atoms with Gasteiger partial charge in [0.25, 0.3) is 0 Å². The third-order valence-corrected chi connectivity index (χ3v) is 5.56. The number of aryl methyl sites for hydroxylation is 1. The monoisotopic (exact) mass is 423 g/mol. The van der Waals surface area contributed by atoms with Crippen molar-refractivity contribution in [2.75, 3.05) is 0 Å². The first kappa shape index (κ1) is 20.3. The maximum Gasteiger partial charge on any atom is 0.237 e. The molecule has 4 rings (SSSR count). The summed E-state index contributed by atoms with van der Waals surface area (Å²) >= 11 is 1.45. The fourth-order valence-electron chi connectivity index (χ4n) is 3.06. The maximum absolute atomic E-state index is 14.4.